The van der Waals surface area contributed by atoms with Crippen molar-refractivity contribution in [3.8, 4) is 17.6 Å². The van der Waals surface area contributed by atoms with Crippen LogP contribution in [-0.2, 0) is 4.79 Å². The maximum atomic E-state index is 12.5. The molecule has 0 radical (unpaired) electrons. The number of carbonyl (C=O) groups excluding carboxylic acids is 1. The number of hydrogen-bond donors (Lipinski definition) is 1. The Morgan fingerprint density at radius 2 is 2.08 bits per heavy atom. The summed E-state index contributed by atoms with van der Waals surface area (Å²) in [4.78, 5) is 12.3. The standard InChI is InChI=1S/C18H19ClF2N2O3/c1-25-15-9-11(8-14(19)16(15)26-18(20)21)7-12(10-22)17(24)23-13-5-3-2-4-6-13/h7-9,13,18H,2-6H2,1H3,(H,23,24)/b12-7+. The second-order valence-corrected chi connectivity index (χ2v) is 6.30. The number of hydrogen-bond acceptors (Lipinski definition) is 4. The van der Waals surface area contributed by atoms with Crippen LogP contribution >= 0.6 is 11.6 Å². The van der Waals surface area contributed by atoms with E-state index in [2.05, 4.69) is 10.1 Å². The predicted molar refractivity (Wildman–Crippen MR) is 93.2 cm³/mol. The Morgan fingerprint density at radius 1 is 1.38 bits per heavy atom. The third-order valence-electron chi connectivity index (χ3n) is 4.08. The van der Waals surface area contributed by atoms with Crippen LogP contribution in [0.4, 0.5) is 8.78 Å². The molecule has 1 aliphatic carbocycles. The SMILES string of the molecule is COc1cc(/C=C(\C#N)C(=O)NC2CCCCC2)cc(Cl)c1OC(F)F. The van der Waals surface area contributed by atoms with Crippen molar-refractivity contribution in [3.05, 3.63) is 28.3 Å². The van der Waals surface area contributed by atoms with E-state index in [0.717, 1.165) is 32.1 Å². The molecule has 8 heteroatoms. The lowest BCUT2D eigenvalue weighted by molar-refractivity contribution is -0.117. The summed E-state index contributed by atoms with van der Waals surface area (Å²) in [6.45, 7) is -3.06. The molecule has 140 valence electrons. The summed E-state index contributed by atoms with van der Waals surface area (Å²) in [6, 6.07) is 4.62. The van der Waals surface area contributed by atoms with Crippen LogP contribution in [0.5, 0.6) is 11.5 Å². The van der Waals surface area contributed by atoms with E-state index in [-0.39, 0.29) is 28.1 Å². The van der Waals surface area contributed by atoms with Gasteiger partial charge in [0.25, 0.3) is 5.91 Å². The number of methoxy groups -OCH3 is 1. The number of nitrogens with one attached hydrogen (secondary N) is 1. The fourth-order valence-corrected chi connectivity index (χ4v) is 3.12. The first kappa shape index (κ1) is 20.0. The summed E-state index contributed by atoms with van der Waals surface area (Å²) in [5, 5.41) is 12.0. The van der Waals surface area contributed by atoms with Crippen molar-refractivity contribution in [2.75, 3.05) is 7.11 Å². The van der Waals surface area contributed by atoms with Crippen LogP contribution < -0.4 is 14.8 Å². The van der Waals surface area contributed by atoms with E-state index in [4.69, 9.17) is 16.3 Å². The van der Waals surface area contributed by atoms with Gasteiger partial charge in [-0.1, -0.05) is 30.9 Å². The smallest absolute Gasteiger partial charge is 0.387 e. The number of nitriles is 1. The quantitative estimate of drug-likeness (QED) is 0.586. The minimum Gasteiger partial charge on any atom is -0.493 e. The Kier molecular flexibility index (Phi) is 7.22. The predicted octanol–water partition coefficient (Wildman–Crippen LogP) is 4.31. The molecule has 1 amide bonds. The van der Waals surface area contributed by atoms with Gasteiger partial charge < -0.3 is 14.8 Å². The Morgan fingerprint density at radius 3 is 2.65 bits per heavy atom. The molecule has 1 N–H and O–H groups in total. The van der Waals surface area contributed by atoms with Gasteiger partial charge in [-0.05, 0) is 36.6 Å². The van der Waals surface area contributed by atoms with Gasteiger partial charge in [0, 0.05) is 6.04 Å². The third-order valence-corrected chi connectivity index (χ3v) is 4.36. The Bertz CT molecular complexity index is 726. The molecule has 2 rings (SSSR count). The number of rotatable bonds is 6. The zero-order chi connectivity index (χ0) is 19.1. The Balaban J connectivity index is 2.23. The molecule has 0 atom stereocenters. The van der Waals surface area contributed by atoms with Gasteiger partial charge in [-0.15, -0.1) is 0 Å². The molecule has 1 fully saturated rings. The highest BCUT2D eigenvalue weighted by Gasteiger charge is 2.19. The number of carbonyl (C=O) groups is 1. The van der Waals surface area contributed by atoms with E-state index in [1.54, 1.807) is 0 Å². The zero-order valence-corrected chi connectivity index (χ0v) is 15.0. The van der Waals surface area contributed by atoms with Gasteiger partial charge in [0.15, 0.2) is 11.5 Å². The van der Waals surface area contributed by atoms with Crippen LogP contribution in [0.15, 0.2) is 17.7 Å². The number of benzene rings is 1. The molecule has 0 aliphatic heterocycles. The van der Waals surface area contributed by atoms with E-state index in [1.807, 2.05) is 6.07 Å². The second-order valence-electron chi connectivity index (χ2n) is 5.89. The maximum Gasteiger partial charge on any atom is 0.387 e. The van der Waals surface area contributed by atoms with E-state index < -0.39 is 12.5 Å². The lowest BCUT2D eigenvalue weighted by Crippen LogP contribution is -2.36. The summed E-state index contributed by atoms with van der Waals surface area (Å²) in [6.07, 6.45) is 6.37. The summed E-state index contributed by atoms with van der Waals surface area (Å²) >= 11 is 5.97. The van der Waals surface area contributed by atoms with Crippen LogP contribution in [0.25, 0.3) is 6.08 Å². The molecule has 5 nitrogen and oxygen atoms in total. The largest absolute Gasteiger partial charge is 0.493 e. The molecule has 1 saturated carbocycles. The lowest BCUT2D eigenvalue weighted by Gasteiger charge is -2.22. The van der Waals surface area contributed by atoms with Crippen molar-refractivity contribution >= 4 is 23.6 Å². The van der Waals surface area contributed by atoms with Crippen molar-refractivity contribution in [1.29, 1.82) is 5.26 Å². The van der Waals surface area contributed by atoms with E-state index >= 15 is 0 Å². The molecule has 0 saturated heterocycles. The average Bonchev–Trinajstić information content (AvgIpc) is 2.62. The molecule has 0 aromatic heterocycles. The molecule has 0 spiro atoms. The lowest BCUT2D eigenvalue weighted by atomic mass is 9.95. The molecule has 0 bridgehead atoms. The van der Waals surface area contributed by atoms with Gasteiger partial charge in [-0.25, -0.2) is 0 Å². The molecular formula is C18H19ClF2N2O3. The fraction of sp³-hybridized carbons (Fsp3) is 0.444. The van der Waals surface area contributed by atoms with Crippen LogP contribution in [-0.4, -0.2) is 25.7 Å². The minimum absolute atomic E-state index is 0.0194. The molecule has 1 aromatic carbocycles. The van der Waals surface area contributed by atoms with Crippen molar-refractivity contribution in [2.24, 2.45) is 0 Å². The van der Waals surface area contributed by atoms with Crippen molar-refractivity contribution in [1.82, 2.24) is 5.32 Å². The van der Waals surface area contributed by atoms with Gasteiger partial charge in [0.05, 0.1) is 12.1 Å². The molecule has 1 aromatic rings. The number of alkyl halides is 2. The fourth-order valence-electron chi connectivity index (χ4n) is 2.85. The first-order valence-electron chi connectivity index (χ1n) is 8.19. The second kappa shape index (κ2) is 9.39. The van der Waals surface area contributed by atoms with Crippen LogP contribution in [0.2, 0.25) is 5.02 Å². The molecule has 0 heterocycles. The normalized spacial score (nSPS) is 15.5. The number of halogens is 3. The third kappa shape index (κ3) is 5.33. The average molecular weight is 385 g/mol. The first-order valence-corrected chi connectivity index (χ1v) is 8.57. The molecule has 1 aliphatic rings. The minimum atomic E-state index is -3.06. The molecule has 0 unspecified atom stereocenters. The summed E-state index contributed by atoms with van der Waals surface area (Å²) in [5.41, 5.74) is 0.264. The Hall–Kier alpha value is -2.33. The van der Waals surface area contributed by atoms with Crippen LogP contribution in [0.1, 0.15) is 37.7 Å². The van der Waals surface area contributed by atoms with Gasteiger partial charge in [0.2, 0.25) is 0 Å². The van der Waals surface area contributed by atoms with Gasteiger partial charge in [-0.3, -0.25) is 4.79 Å². The summed E-state index contributed by atoms with van der Waals surface area (Å²) in [7, 11) is 1.28. The zero-order valence-electron chi connectivity index (χ0n) is 14.2. The topological polar surface area (TPSA) is 71.3 Å². The van der Waals surface area contributed by atoms with E-state index in [0.29, 0.717) is 5.56 Å². The molecule has 26 heavy (non-hydrogen) atoms. The van der Waals surface area contributed by atoms with Crippen molar-refractivity contribution in [2.45, 2.75) is 44.8 Å². The highest BCUT2D eigenvalue weighted by Crippen LogP contribution is 2.38. The van der Waals surface area contributed by atoms with Crippen molar-refractivity contribution in [3.63, 3.8) is 0 Å². The van der Waals surface area contributed by atoms with E-state index in [9.17, 15) is 18.8 Å². The van der Waals surface area contributed by atoms with Gasteiger partial charge in [-0.2, -0.15) is 14.0 Å². The van der Waals surface area contributed by atoms with Crippen LogP contribution in [0, 0.1) is 11.3 Å². The summed E-state index contributed by atoms with van der Waals surface area (Å²) in [5.74, 6) is -0.789. The number of nitrogens with zero attached hydrogens (tertiary/aromatic N) is 1. The molecular weight excluding hydrogens is 366 g/mol. The highest BCUT2D eigenvalue weighted by molar-refractivity contribution is 6.32. The van der Waals surface area contributed by atoms with Gasteiger partial charge >= 0.3 is 6.61 Å². The first-order chi connectivity index (χ1) is 12.4. The van der Waals surface area contributed by atoms with Crippen molar-refractivity contribution < 1.29 is 23.0 Å². The highest BCUT2D eigenvalue weighted by atomic mass is 35.5. The maximum absolute atomic E-state index is 12.5. The number of amides is 1. The van der Waals surface area contributed by atoms with Crippen LogP contribution in [0.3, 0.4) is 0 Å². The van der Waals surface area contributed by atoms with Gasteiger partial charge in [0.1, 0.15) is 11.6 Å². The number of ether oxygens (including phenoxy) is 2. The summed E-state index contributed by atoms with van der Waals surface area (Å²) < 4.78 is 34.3. The van der Waals surface area contributed by atoms with E-state index in [1.165, 1.54) is 25.3 Å². The monoisotopic (exact) mass is 384 g/mol. The Labute approximate surface area is 155 Å².